The zero-order chi connectivity index (χ0) is 16.7. The number of carbonyl (C=O) groups excluding carboxylic acids is 2. The van der Waals surface area contributed by atoms with Crippen molar-refractivity contribution in [1.29, 1.82) is 0 Å². The number of rotatable bonds is 5. The van der Waals surface area contributed by atoms with Gasteiger partial charge in [-0.25, -0.2) is 4.79 Å². The number of urea groups is 1. The Labute approximate surface area is 135 Å². The first-order valence-corrected chi connectivity index (χ1v) is 7.32. The molecule has 2 aromatic rings. The number of carbonyl (C=O) groups is 2. The van der Waals surface area contributed by atoms with Crippen molar-refractivity contribution >= 4 is 29.0 Å². The van der Waals surface area contributed by atoms with Gasteiger partial charge in [0.1, 0.15) is 0 Å². The molecule has 0 aromatic heterocycles. The SMILES string of the molecule is Cc1ccc(NC(=O)CCN)cc1NC(=O)Nc1ccccc1. The number of benzene rings is 2. The molecule has 0 saturated carbocycles. The van der Waals surface area contributed by atoms with Crippen molar-refractivity contribution in [2.45, 2.75) is 13.3 Å². The fraction of sp³-hybridized carbons (Fsp3) is 0.176. The van der Waals surface area contributed by atoms with Crippen LogP contribution in [0.1, 0.15) is 12.0 Å². The molecule has 23 heavy (non-hydrogen) atoms. The summed E-state index contributed by atoms with van der Waals surface area (Å²) in [5.41, 5.74) is 8.19. The van der Waals surface area contributed by atoms with Crippen molar-refractivity contribution in [3.63, 3.8) is 0 Å². The van der Waals surface area contributed by atoms with Gasteiger partial charge in [0.25, 0.3) is 0 Å². The van der Waals surface area contributed by atoms with E-state index in [1.165, 1.54) is 0 Å². The summed E-state index contributed by atoms with van der Waals surface area (Å²) >= 11 is 0. The van der Waals surface area contributed by atoms with Crippen molar-refractivity contribution in [3.8, 4) is 0 Å². The summed E-state index contributed by atoms with van der Waals surface area (Å²) < 4.78 is 0. The Morgan fingerprint density at radius 1 is 0.957 bits per heavy atom. The Morgan fingerprint density at radius 2 is 1.70 bits per heavy atom. The number of nitrogens with two attached hydrogens (primary N) is 1. The second-order valence-corrected chi connectivity index (χ2v) is 5.06. The molecule has 0 aliphatic rings. The highest BCUT2D eigenvalue weighted by atomic mass is 16.2. The highest BCUT2D eigenvalue weighted by Gasteiger charge is 2.07. The van der Waals surface area contributed by atoms with Gasteiger partial charge >= 0.3 is 6.03 Å². The van der Waals surface area contributed by atoms with Gasteiger partial charge in [-0.15, -0.1) is 0 Å². The van der Waals surface area contributed by atoms with E-state index < -0.39 is 0 Å². The van der Waals surface area contributed by atoms with Gasteiger partial charge in [-0.1, -0.05) is 24.3 Å². The second-order valence-electron chi connectivity index (χ2n) is 5.06. The first kappa shape index (κ1) is 16.5. The van der Waals surface area contributed by atoms with Crippen molar-refractivity contribution in [3.05, 3.63) is 54.1 Å². The molecule has 0 spiro atoms. The predicted molar refractivity (Wildman–Crippen MR) is 92.6 cm³/mol. The first-order chi connectivity index (χ1) is 11.1. The topological polar surface area (TPSA) is 96.2 Å². The molecule has 6 heteroatoms. The lowest BCUT2D eigenvalue weighted by Gasteiger charge is -2.12. The van der Waals surface area contributed by atoms with Gasteiger partial charge in [-0.05, 0) is 36.8 Å². The van der Waals surface area contributed by atoms with E-state index in [0.29, 0.717) is 23.6 Å². The molecule has 120 valence electrons. The summed E-state index contributed by atoms with van der Waals surface area (Å²) in [4.78, 5) is 23.6. The van der Waals surface area contributed by atoms with Crippen LogP contribution in [0.2, 0.25) is 0 Å². The van der Waals surface area contributed by atoms with E-state index in [1.54, 1.807) is 24.3 Å². The van der Waals surface area contributed by atoms with E-state index in [1.807, 2.05) is 31.2 Å². The predicted octanol–water partition coefficient (Wildman–Crippen LogP) is 2.93. The average molecular weight is 312 g/mol. The summed E-state index contributed by atoms with van der Waals surface area (Å²) in [7, 11) is 0. The van der Waals surface area contributed by atoms with Crippen LogP contribution in [0.25, 0.3) is 0 Å². The van der Waals surface area contributed by atoms with Crippen molar-refractivity contribution < 1.29 is 9.59 Å². The maximum Gasteiger partial charge on any atom is 0.323 e. The number of amides is 3. The monoisotopic (exact) mass is 312 g/mol. The van der Waals surface area contributed by atoms with Crippen LogP contribution in [0.15, 0.2) is 48.5 Å². The number of hydrogen-bond acceptors (Lipinski definition) is 3. The van der Waals surface area contributed by atoms with Crippen LogP contribution >= 0.6 is 0 Å². The molecule has 0 fully saturated rings. The number of anilines is 3. The zero-order valence-electron chi connectivity index (χ0n) is 12.9. The van der Waals surface area contributed by atoms with Crippen LogP contribution in [0.4, 0.5) is 21.9 Å². The Bertz CT molecular complexity index is 686. The van der Waals surface area contributed by atoms with Crippen LogP contribution in [0.5, 0.6) is 0 Å². The van der Waals surface area contributed by atoms with Crippen LogP contribution < -0.4 is 21.7 Å². The smallest absolute Gasteiger partial charge is 0.323 e. The van der Waals surface area contributed by atoms with E-state index in [2.05, 4.69) is 16.0 Å². The summed E-state index contributed by atoms with van der Waals surface area (Å²) in [5, 5.41) is 8.27. The highest BCUT2D eigenvalue weighted by molar-refractivity contribution is 6.01. The van der Waals surface area contributed by atoms with Gasteiger partial charge in [-0.3, -0.25) is 4.79 Å². The molecule has 5 N–H and O–H groups in total. The summed E-state index contributed by atoms with van der Waals surface area (Å²) in [6, 6.07) is 14.1. The van der Waals surface area contributed by atoms with E-state index >= 15 is 0 Å². The molecule has 2 rings (SSSR count). The number of aryl methyl sites for hydroxylation is 1. The molecule has 0 atom stereocenters. The molecule has 2 aromatic carbocycles. The molecular weight excluding hydrogens is 292 g/mol. The lowest BCUT2D eigenvalue weighted by molar-refractivity contribution is -0.116. The van der Waals surface area contributed by atoms with Crippen molar-refractivity contribution in [2.75, 3.05) is 22.5 Å². The van der Waals surface area contributed by atoms with Gasteiger partial charge in [0.2, 0.25) is 5.91 Å². The van der Waals surface area contributed by atoms with E-state index in [0.717, 1.165) is 5.56 Å². The quantitative estimate of drug-likeness (QED) is 0.683. The largest absolute Gasteiger partial charge is 0.330 e. The van der Waals surface area contributed by atoms with Gasteiger partial charge in [-0.2, -0.15) is 0 Å². The van der Waals surface area contributed by atoms with Gasteiger partial charge in [0.05, 0.1) is 0 Å². The van der Waals surface area contributed by atoms with Crippen LogP contribution in [0, 0.1) is 6.92 Å². The highest BCUT2D eigenvalue weighted by Crippen LogP contribution is 2.21. The molecule has 6 nitrogen and oxygen atoms in total. The first-order valence-electron chi connectivity index (χ1n) is 7.32. The normalized spacial score (nSPS) is 10.0. The summed E-state index contributed by atoms with van der Waals surface area (Å²) in [6.45, 7) is 2.17. The van der Waals surface area contributed by atoms with Crippen LogP contribution in [-0.4, -0.2) is 18.5 Å². The van der Waals surface area contributed by atoms with Crippen LogP contribution in [0.3, 0.4) is 0 Å². The fourth-order valence-electron chi connectivity index (χ4n) is 2.00. The third kappa shape index (κ3) is 5.12. The molecular formula is C17H20N4O2. The summed E-state index contributed by atoms with van der Waals surface area (Å²) in [6.07, 6.45) is 0.255. The molecule has 0 unspecified atom stereocenters. The molecule has 0 aliphatic heterocycles. The molecule has 0 heterocycles. The zero-order valence-corrected chi connectivity index (χ0v) is 12.9. The minimum atomic E-state index is -0.343. The number of para-hydroxylation sites is 1. The standard InChI is InChI=1S/C17H20N4O2/c1-12-7-8-14(19-16(22)9-10-18)11-15(12)21-17(23)20-13-5-3-2-4-6-13/h2-8,11H,9-10,18H2,1H3,(H,19,22)(H2,20,21,23). The number of hydrogen-bond donors (Lipinski definition) is 4. The summed E-state index contributed by atoms with van der Waals surface area (Å²) in [5.74, 6) is -0.156. The minimum absolute atomic E-state index is 0.156. The Morgan fingerprint density at radius 3 is 2.39 bits per heavy atom. The van der Waals surface area contributed by atoms with Gasteiger partial charge in [0, 0.05) is 30.0 Å². The van der Waals surface area contributed by atoms with Crippen molar-refractivity contribution in [2.24, 2.45) is 5.73 Å². The van der Waals surface area contributed by atoms with E-state index in [-0.39, 0.29) is 18.4 Å². The van der Waals surface area contributed by atoms with Gasteiger partial charge < -0.3 is 21.7 Å². The molecule has 0 bridgehead atoms. The molecule has 0 radical (unpaired) electrons. The minimum Gasteiger partial charge on any atom is -0.330 e. The second kappa shape index (κ2) is 7.95. The fourth-order valence-corrected chi connectivity index (χ4v) is 2.00. The molecule has 3 amide bonds. The van der Waals surface area contributed by atoms with E-state index in [9.17, 15) is 9.59 Å². The van der Waals surface area contributed by atoms with Crippen LogP contribution in [-0.2, 0) is 4.79 Å². The van der Waals surface area contributed by atoms with E-state index in [4.69, 9.17) is 5.73 Å². The Kier molecular flexibility index (Phi) is 5.71. The van der Waals surface area contributed by atoms with Crippen molar-refractivity contribution in [1.82, 2.24) is 0 Å². The third-order valence-corrected chi connectivity index (χ3v) is 3.17. The Hall–Kier alpha value is -2.86. The average Bonchev–Trinajstić information content (AvgIpc) is 2.52. The number of nitrogens with one attached hydrogen (secondary N) is 3. The maximum absolute atomic E-state index is 12.0. The third-order valence-electron chi connectivity index (χ3n) is 3.17. The lowest BCUT2D eigenvalue weighted by atomic mass is 10.1. The lowest BCUT2D eigenvalue weighted by Crippen LogP contribution is -2.20. The molecule has 0 aliphatic carbocycles. The molecule has 0 saturated heterocycles. The maximum atomic E-state index is 12.0. The Balaban J connectivity index is 2.03. The van der Waals surface area contributed by atoms with Gasteiger partial charge in [0.15, 0.2) is 0 Å².